The summed E-state index contributed by atoms with van der Waals surface area (Å²) >= 11 is 0. The summed E-state index contributed by atoms with van der Waals surface area (Å²) < 4.78 is 0. The normalized spacial score (nSPS) is 30.0. The standard InChI is InChI=1S/C17H34N2.ClH/c1-3-5-6-7-9-16(8-4-2)18-17-14-15-10-12-19(17)13-11-15;/h15-18H,3-14H2,1-2H3;1H. The second-order valence-electron chi connectivity index (χ2n) is 6.73. The van der Waals surface area contributed by atoms with E-state index in [-0.39, 0.29) is 12.4 Å². The molecule has 20 heavy (non-hydrogen) atoms. The van der Waals surface area contributed by atoms with E-state index in [2.05, 4.69) is 24.1 Å². The Kier molecular flexibility index (Phi) is 9.15. The van der Waals surface area contributed by atoms with Crippen LogP contribution in [0.1, 0.15) is 78.1 Å². The van der Waals surface area contributed by atoms with E-state index in [4.69, 9.17) is 0 Å². The van der Waals surface area contributed by atoms with Crippen molar-refractivity contribution >= 4 is 12.4 Å². The van der Waals surface area contributed by atoms with Crippen molar-refractivity contribution in [2.24, 2.45) is 5.92 Å². The van der Waals surface area contributed by atoms with E-state index in [1.54, 1.807) is 0 Å². The van der Waals surface area contributed by atoms with Gasteiger partial charge in [0.1, 0.15) is 0 Å². The molecule has 3 rings (SSSR count). The van der Waals surface area contributed by atoms with Gasteiger partial charge in [-0.2, -0.15) is 0 Å². The highest BCUT2D eigenvalue weighted by Crippen LogP contribution is 2.31. The third-order valence-electron chi connectivity index (χ3n) is 5.12. The van der Waals surface area contributed by atoms with E-state index in [9.17, 15) is 0 Å². The minimum absolute atomic E-state index is 0. The molecular formula is C17H35ClN2. The first-order valence-corrected chi connectivity index (χ1v) is 8.83. The van der Waals surface area contributed by atoms with Gasteiger partial charge in [-0.3, -0.25) is 10.2 Å². The number of piperidine rings is 3. The van der Waals surface area contributed by atoms with Crippen molar-refractivity contribution in [3.8, 4) is 0 Å². The zero-order valence-electron chi connectivity index (χ0n) is 13.6. The quantitative estimate of drug-likeness (QED) is 0.627. The van der Waals surface area contributed by atoms with Gasteiger partial charge in [0.25, 0.3) is 0 Å². The maximum absolute atomic E-state index is 3.99. The Balaban J connectivity index is 0.00000200. The number of rotatable bonds is 9. The number of halogens is 1. The number of nitrogens with one attached hydrogen (secondary N) is 1. The Hall–Kier alpha value is 0.210. The van der Waals surface area contributed by atoms with E-state index in [1.165, 1.54) is 77.3 Å². The van der Waals surface area contributed by atoms with Gasteiger partial charge < -0.3 is 0 Å². The predicted molar refractivity (Wildman–Crippen MR) is 90.5 cm³/mol. The average Bonchev–Trinajstić information content (AvgIpc) is 2.45. The Labute approximate surface area is 132 Å². The highest BCUT2D eigenvalue weighted by atomic mass is 35.5. The van der Waals surface area contributed by atoms with Crippen molar-refractivity contribution in [2.75, 3.05) is 13.1 Å². The number of hydrogen-bond donors (Lipinski definition) is 1. The lowest BCUT2D eigenvalue weighted by Crippen LogP contribution is -2.57. The van der Waals surface area contributed by atoms with Crippen molar-refractivity contribution in [2.45, 2.75) is 90.3 Å². The third kappa shape index (κ3) is 5.54. The van der Waals surface area contributed by atoms with Crippen LogP contribution in [0.3, 0.4) is 0 Å². The molecule has 120 valence electrons. The first-order valence-electron chi connectivity index (χ1n) is 8.83. The van der Waals surface area contributed by atoms with Crippen molar-refractivity contribution in [1.29, 1.82) is 0 Å². The topological polar surface area (TPSA) is 15.3 Å². The van der Waals surface area contributed by atoms with E-state index in [1.807, 2.05) is 0 Å². The van der Waals surface area contributed by atoms with Crippen molar-refractivity contribution in [1.82, 2.24) is 10.2 Å². The smallest absolute Gasteiger partial charge is 0.0601 e. The summed E-state index contributed by atoms with van der Waals surface area (Å²) in [6.45, 7) is 7.32. The van der Waals surface area contributed by atoms with Gasteiger partial charge in [-0.15, -0.1) is 12.4 Å². The van der Waals surface area contributed by atoms with Crippen molar-refractivity contribution < 1.29 is 0 Å². The average molecular weight is 303 g/mol. The lowest BCUT2D eigenvalue weighted by molar-refractivity contribution is 0.0232. The van der Waals surface area contributed by atoms with Gasteiger partial charge in [-0.1, -0.05) is 46.0 Å². The molecule has 3 aliphatic heterocycles. The molecule has 0 amide bonds. The number of hydrogen-bond acceptors (Lipinski definition) is 2. The van der Waals surface area contributed by atoms with Crippen molar-refractivity contribution in [3.05, 3.63) is 0 Å². The van der Waals surface area contributed by atoms with Crippen LogP contribution in [0.5, 0.6) is 0 Å². The van der Waals surface area contributed by atoms with E-state index in [0.29, 0.717) is 6.17 Å². The monoisotopic (exact) mass is 302 g/mol. The largest absolute Gasteiger partial charge is 0.299 e. The van der Waals surface area contributed by atoms with Crippen LogP contribution in [-0.2, 0) is 0 Å². The third-order valence-corrected chi connectivity index (χ3v) is 5.12. The maximum atomic E-state index is 3.99. The Morgan fingerprint density at radius 1 is 1.00 bits per heavy atom. The van der Waals surface area contributed by atoms with Gasteiger partial charge in [-0.05, 0) is 51.1 Å². The Morgan fingerprint density at radius 2 is 1.75 bits per heavy atom. The first-order chi connectivity index (χ1) is 9.33. The van der Waals surface area contributed by atoms with Gasteiger partial charge >= 0.3 is 0 Å². The van der Waals surface area contributed by atoms with E-state index >= 15 is 0 Å². The molecule has 0 aliphatic carbocycles. The molecule has 2 atom stereocenters. The lowest BCUT2D eigenvalue weighted by Gasteiger charge is -2.47. The Bertz CT molecular complexity index is 239. The zero-order chi connectivity index (χ0) is 13.5. The fourth-order valence-electron chi connectivity index (χ4n) is 3.89. The van der Waals surface area contributed by atoms with Crippen LogP contribution in [0.25, 0.3) is 0 Å². The fourth-order valence-corrected chi connectivity index (χ4v) is 3.89. The van der Waals surface area contributed by atoms with Gasteiger partial charge in [0.15, 0.2) is 0 Å². The van der Waals surface area contributed by atoms with Gasteiger partial charge in [-0.25, -0.2) is 0 Å². The molecule has 0 aromatic carbocycles. The molecule has 0 aromatic rings. The van der Waals surface area contributed by atoms with Gasteiger partial charge in [0.05, 0.1) is 6.17 Å². The van der Waals surface area contributed by atoms with Crippen LogP contribution in [0.2, 0.25) is 0 Å². The number of unbranched alkanes of at least 4 members (excludes halogenated alkanes) is 3. The van der Waals surface area contributed by atoms with E-state index < -0.39 is 0 Å². The van der Waals surface area contributed by atoms with E-state index in [0.717, 1.165) is 12.0 Å². The lowest BCUT2D eigenvalue weighted by atomic mass is 9.86. The molecule has 2 nitrogen and oxygen atoms in total. The molecule has 3 heterocycles. The van der Waals surface area contributed by atoms with Gasteiger partial charge in [0, 0.05) is 6.04 Å². The molecule has 1 N–H and O–H groups in total. The Morgan fingerprint density at radius 3 is 2.30 bits per heavy atom. The zero-order valence-corrected chi connectivity index (χ0v) is 14.4. The van der Waals surface area contributed by atoms with Crippen molar-refractivity contribution in [3.63, 3.8) is 0 Å². The summed E-state index contributed by atoms with van der Waals surface area (Å²) in [4.78, 5) is 2.70. The van der Waals surface area contributed by atoms with Crippen LogP contribution in [0.15, 0.2) is 0 Å². The highest BCUT2D eigenvalue weighted by Gasteiger charge is 2.34. The molecule has 0 aromatic heterocycles. The van der Waals surface area contributed by atoms with Crippen LogP contribution in [0.4, 0.5) is 0 Å². The minimum Gasteiger partial charge on any atom is -0.299 e. The van der Waals surface area contributed by atoms with Crippen LogP contribution < -0.4 is 5.32 Å². The second kappa shape index (κ2) is 10.0. The summed E-state index contributed by atoms with van der Waals surface area (Å²) in [7, 11) is 0. The molecule has 0 saturated carbocycles. The minimum atomic E-state index is 0. The molecule has 3 heteroatoms. The summed E-state index contributed by atoms with van der Waals surface area (Å²) in [5.41, 5.74) is 0. The molecule has 3 saturated heterocycles. The molecule has 3 fully saturated rings. The second-order valence-corrected chi connectivity index (χ2v) is 6.73. The molecular weight excluding hydrogens is 268 g/mol. The van der Waals surface area contributed by atoms with Crippen LogP contribution in [0, 0.1) is 5.92 Å². The predicted octanol–water partition coefficient (Wildman–Crippen LogP) is 4.58. The maximum Gasteiger partial charge on any atom is 0.0601 e. The molecule has 0 radical (unpaired) electrons. The number of fused-ring (bicyclic) bond motifs is 3. The molecule has 3 aliphatic rings. The van der Waals surface area contributed by atoms with Gasteiger partial charge in [0.2, 0.25) is 0 Å². The van der Waals surface area contributed by atoms with Crippen LogP contribution in [-0.4, -0.2) is 30.2 Å². The highest BCUT2D eigenvalue weighted by molar-refractivity contribution is 5.85. The molecule has 0 spiro atoms. The summed E-state index contributed by atoms with van der Waals surface area (Å²) in [5.74, 6) is 1.02. The summed E-state index contributed by atoms with van der Waals surface area (Å²) in [6.07, 6.45) is 14.7. The molecule has 2 unspecified atom stereocenters. The summed E-state index contributed by atoms with van der Waals surface area (Å²) in [5, 5.41) is 3.99. The first kappa shape index (κ1) is 18.3. The van der Waals surface area contributed by atoms with Crippen LogP contribution >= 0.6 is 12.4 Å². The fraction of sp³-hybridized carbons (Fsp3) is 1.00. The SMILES string of the molecule is CCCCCCC(CCC)NC1CC2CCN1CC2.Cl. The molecule has 2 bridgehead atoms. The summed E-state index contributed by atoms with van der Waals surface area (Å²) in [6, 6.07) is 0.770. The number of nitrogens with zero attached hydrogens (tertiary/aromatic N) is 1.